The zero-order valence-corrected chi connectivity index (χ0v) is 8.84. The molecule has 0 spiro atoms. The lowest BCUT2D eigenvalue weighted by Crippen LogP contribution is -1.91. The lowest BCUT2D eigenvalue weighted by Gasteiger charge is -2.00. The summed E-state index contributed by atoms with van der Waals surface area (Å²) in [4.78, 5) is 6.59. The number of aromatic nitrogens is 1. The van der Waals surface area contributed by atoms with Crippen molar-refractivity contribution >= 4 is 11.3 Å². The van der Waals surface area contributed by atoms with Gasteiger partial charge in [-0.15, -0.1) is 11.3 Å². The molecule has 0 saturated heterocycles. The first-order valence-corrected chi connectivity index (χ1v) is 5.32. The molecule has 0 aromatic carbocycles. The fraction of sp³-hybridized carbons (Fsp3) is 0.182. The van der Waals surface area contributed by atoms with E-state index in [4.69, 9.17) is 5.73 Å². The Balaban J connectivity index is 2.44. The van der Waals surface area contributed by atoms with Gasteiger partial charge in [-0.25, -0.2) is 0 Å². The molecule has 2 aromatic rings. The second kappa shape index (κ2) is 3.90. The average Bonchev–Trinajstić information content (AvgIpc) is 2.67. The van der Waals surface area contributed by atoms with Crippen LogP contribution in [0.1, 0.15) is 10.4 Å². The molecule has 2 nitrogen and oxygen atoms in total. The molecule has 3 heteroatoms. The van der Waals surface area contributed by atoms with Crippen molar-refractivity contribution in [2.45, 2.75) is 13.5 Å². The molecule has 14 heavy (non-hydrogen) atoms. The van der Waals surface area contributed by atoms with Gasteiger partial charge in [-0.3, -0.25) is 4.98 Å². The third-order valence-electron chi connectivity index (χ3n) is 2.17. The van der Waals surface area contributed by atoms with E-state index in [-0.39, 0.29) is 0 Å². The summed E-state index contributed by atoms with van der Waals surface area (Å²) in [6, 6.07) is 6.21. The Morgan fingerprint density at radius 3 is 2.86 bits per heavy atom. The summed E-state index contributed by atoms with van der Waals surface area (Å²) < 4.78 is 0. The zero-order valence-electron chi connectivity index (χ0n) is 8.03. The number of hydrogen-bond acceptors (Lipinski definition) is 3. The Hall–Kier alpha value is -1.19. The Kier molecular flexibility index (Phi) is 2.61. The van der Waals surface area contributed by atoms with Crippen molar-refractivity contribution in [1.82, 2.24) is 4.98 Å². The zero-order chi connectivity index (χ0) is 9.97. The van der Waals surface area contributed by atoms with E-state index in [0.717, 1.165) is 0 Å². The first-order chi connectivity index (χ1) is 6.81. The van der Waals surface area contributed by atoms with Crippen molar-refractivity contribution in [3.63, 3.8) is 0 Å². The van der Waals surface area contributed by atoms with E-state index in [1.165, 1.54) is 20.9 Å². The van der Waals surface area contributed by atoms with Crippen LogP contribution in [0.25, 0.3) is 10.4 Å². The van der Waals surface area contributed by atoms with Crippen LogP contribution in [-0.2, 0) is 6.54 Å². The molecule has 72 valence electrons. The lowest BCUT2D eigenvalue weighted by molar-refractivity contribution is 1.11. The third kappa shape index (κ3) is 1.69. The van der Waals surface area contributed by atoms with E-state index in [9.17, 15) is 0 Å². The quantitative estimate of drug-likeness (QED) is 0.816. The number of thiophene rings is 1. The van der Waals surface area contributed by atoms with Gasteiger partial charge in [0.25, 0.3) is 0 Å². The van der Waals surface area contributed by atoms with Crippen molar-refractivity contribution in [2.75, 3.05) is 0 Å². The van der Waals surface area contributed by atoms with Crippen molar-refractivity contribution < 1.29 is 0 Å². The Labute approximate surface area is 87.4 Å². The summed E-state index contributed by atoms with van der Waals surface area (Å²) in [5.41, 5.74) is 8.03. The smallest absolute Gasteiger partial charge is 0.0364 e. The summed E-state index contributed by atoms with van der Waals surface area (Å²) in [5, 5.41) is 0. The molecule has 0 unspecified atom stereocenters. The van der Waals surface area contributed by atoms with Crippen molar-refractivity contribution in [1.29, 1.82) is 0 Å². The summed E-state index contributed by atoms with van der Waals surface area (Å²) in [7, 11) is 0. The van der Waals surface area contributed by atoms with Crippen LogP contribution in [0.2, 0.25) is 0 Å². The highest BCUT2D eigenvalue weighted by Gasteiger charge is 2.04. The molecule has 0 bridgehead atoms. The van der Waals surface area contributed by atoms with Gasteiger partial charge < -0.3 is 5.73 Å². The van der Waals surface area contributed by atoms with Crippen LogP contribution in [0.3, 0.4) is 0 Å². The van der Waals surface area contributed by atoms with Gasteiger partial charge in [0.15, 0.2) is 0 Å². The molecular weight excluding hydrogens is 192 g/mol. The number of aryl methyl sites for hydroxylation is 1. The van der Waals surface area contributed by atoms with Gasteiger partial charge in [0.05, 0.1) is 0 Å². The topological polar surface area (TPSA) is 38.9 Å². The summed E-state index contributed by atoms with van der Waals surface area (Å²) in [5.74, 6) is 0. The maximum absolute atomic E-state index is 5.57. The van der Waals surface area contributed by atoms with Gasteiger partial charge in [0, 0.05) is 34.3 Å². The monoisotopic (exact) mass is 204 g/mol. The molecule has 0 atom stereocenters. The Bertz CT molecular complexity index is 434. The number of nitrogens with two attached hydrogens (primary N) is 1. The maximum Gasteiger partial charge on any atom is 0.0364 e. The third-order valence-corrected chi connectivity index (χ3v) is 3.31. The molecule has 0 saturated carbocycles. The van der Waals surface area contributed by atoms with E-state index >= 15 is 0 Å². The van der Waals surface area contributed by atoms with Gasteiger partial charge in [0.2, 0.25) is 0 Å². The van der Waals surface area contributed by atoms with Gasteiger partial charge >= 0.3 is 0 Å². The first-order valence-electron chi connectivity index (χ1n) is 4.51. The van der Waals surface area contributed by atoms with Gasteiger partial charge in [0.1, 0.15) is 0 Å². The first kappa shape index (κ1) is 9.37. The molecule has 2 rings (SSSR count). The lowest BCUT2D eigenvalue weighted by atomic mass is 10.1. The molecule has 0 radical (unpaired) electrons. The van der Waals surface area contributed by atoms with Crippen LogP contribution in [0, 0.1) is 6.92 Å². The van der Waals surface area contributed by atoms with Crippen LogP contribution in [-0.4, -0.2) is 4.98 Å². The second-order valence-electron chi connectivity index (χ2n) is 3.16. The molecule has 2 aromatic heterocycles. The molecule has 0 aliphatic rings. The van der Waals surface area contributed by atoms with Crippen LogP contribution in [0.15, 0.2) is 30.6 Å². The summed E-state index contributed by atoms with van der Waals surface area (Å²) in [6.07, 6.45) is 3.72. The minimum absolute atomic E-state index is 0.615. The van der Waals surface area contributed by atoms with Gasteiger partial charge in [-0.05, 0) is 30.7 Å². The van der Waals surface area contributed by atoms with Crippen molar-refractivity contribution in [3.05, 3.63) is 41.0 Å². The molecule has 0 aliphatic carbocycles. The van der Waals surface area contributed by atoms with E-state index < -0.39 is 0 Å². The fourth-order valence-corrected chi connectivity index (χ4v) is 2.32. The highest BCUT2D eigenvalue weighted by molar-refractivity contribution is 7.15. The molecular formula is C11H12N2S. The normalized spacial score (nSPS) is 10.4. The largest absolute Gasteiger partial charge is 0.326 e. The SMILES string of the molecule is Cc1ccncc1-c1ccc(CN)s1. The molecule has 2 heterocycles. The molecule has 2 N–H and O–H groups in total. The number of hydrogen-bond donors (Lipinski definition) is 1. The predicted octanol–water partition coefficient (Wildman–Crippen LogP) is 2.58. The minimum atomic E-state index is 0.615. The van der Waals surface area contributed by atoms with E-state index in [1.807, 2.05) is 18.5 Å². The molecule has 0 amide bonds. The highest BCUT2D eigenvalue weighted by atomic mass is 32.1. The highest BCUT2D eigenvalue weighted by Crippen LogP contribution is 2.29. The Morgan fingerprint density at radius 1 is 1.36 bits per heavy atom. The van der Waals surface area contributed by atoms with Gasteiger partial charge in [-0.2, -0.15) is 0 Å². The summed E-state index contributed by atoms with van der Waals surface area (Å²) >= 11 is 1.74. The van der Waals surface area contributed by atoms with E-state index in [1.54, 1.807) is 11.3 Å². The number of rotatable bonds is 2. The Morgan fingerprint density at radius 2 is 2.21 bits per heavy atom. The maximum atomic E-state index is 5.57. The van der Waals surface area contributed by atoms with E-state index in [0.29, 0.717) is 6.54 Å². The summed E-state index contributed by atoms with van der Waals surface area (Å²) in [6.45, 7) is 2.71. The number of nitrogens with zero attached hydrogens (tertiary/aromatic N) is 1. The standard InChI is InChI=1S/C11H12N2S/c1-8-4-5-13-7-10(8)11-3-2-9(6-12)14-11/h2-5,7H,6,12H2,1H3. The van der Waals surface area contributed by atoms with Crippen LogP contribution >= 0.6 is 11.3 Å². The van der Waals surface area contributed by atoms with E-state index in [2.05, 4.69) is 24.0 Å². The van der Waals surface area contributed by atoms with Crippen LogP contribution in [0.5, 0.6) is 0 Å². The molecule has 0 fully saturated rings. The number of pyridine rings is 1. The van der Waals surface area contributed by atoms with Crippen molar-refractivity contribution in [2.24, 2.45) is 5.73 Å². The average molecular weight is 204 g/mol. The van der Waals surface area contributed by atoms with Crippen LogP contribution < -0.4 is 5.73 Å². The van der Waals surface area contributed by atoms with Crippen LogP contribution in [0.4, 0.5) is 0 Å². The second-order valence-corrected chi connectivity index (χ2v) is 4.33. The predicted molar refractivity (Wildman–Crippen MR) is 60.2 cm³/mol. The minimum Gasteiger partial charge on any atom is -0.326 e. The van der Waals surface area contributed by atoms with Crippen molar-refractivity contribution in [3.8, 4) is 10.4 Å². The fourth-order valence-electron chi connectivity index (χ4n) is 1.35. The molecule has 0 aliphatic heterocycles. The van der Waals surface area contributed by atoms with Gasteiger partial charge in [-0.1, -0.05) is 0 Å².